The summed E-state index contributed by atoms with van der Waals surface area (Å²) in [5.41, 5.74) is 0.383. The summed E-state index contributed by atoms with van der Waals surface area (Å²) in [5.74, 6) is -0.743. The Morgan fingerprint density at radius 2 is 1.88 bits per heavy atom. The maximum absolute atomic E-state index is 12.0. The van der Waals surface area contributed by atoms with E-state index in [1.807, 2.05) is 0 Å². The van der Waals surface area contributed by atoms with E-state index in [0.29, 0.717) is 5.82 Å². The van der Waals surface area contributed by atoms with Gasteiger partial charge in [0.15, 0.2) is 23.2 Å². The van der Waals surface area contributed by atoms with E-state index in [4.69, 9.17) is 26.1 Å². The second-order valence-electron chi connectivity index (χ2n) is 7.30. The first kappa shape index (κ1) is 25.0. The summed E-state index contributed by atoms with van der Waals surface area (Å²) in [5, 5.41) is 25.7. The number of fused-ring (bicyclic) bond motifs is 1. The minimum atomic E-state index is -4.77. The molecule has 3 aromatic heterocycles. The zero-order valence-corrected chi connectivity index (χ0v) is 19.5. The van der Waals surface area contributed by atoms with E-state index in [9.17, 15) is 24.2 Å². The number of aliphatic hydroxyl groups is 2. The normalized spacial score (nSPS) is 24.9. The van der Waals surface area contributed by atoms with Gasteiger partial charge >= 0.3 is 7.60 Å². The molecule has 184 valence electrons. The number of halogens is 1. The molecule has 16 nitrogen and oxygen atoms in total. The molecule has 5 atom stereocenters. The number of ether oxygens (including phenoxy) is 1. The van der Waals surface area contributed by atoms with Gasteiger partial charge in [-0.15, -0.1) is 0 Å². The van der Waals surface area contributed by atoms with Crippen molar-refractivity contribution in [2.75, 3.05) is 17.8 Å². The highest BCUT2D eigenvalue weighted by molar-refractivity contribution is 7.71. The molecule has 0 amide bonds. The highest BCUT2D eigenvalue weighted by Crippen LogP contribution is 2.52. The Hall–Kier alpha value is -2.10. The molecule has 0 aromatic carbocycles. The summed E-state index contributed by atoms with van der Waals surface area (Å²) in [4.78, 5) is 48.0. The van der Waals surface area contributed by atoms with Crippen LogP contribution in [0.4, 0.5) is 11.6 Å². The first-order valence-electron chi connectivity index (χ1n) is 9.50. The molecule has 7 N–H and O–H groups in total. The maximum atomic E-state index is 12.0. The maximum Gasteiger partial charge on any atom is 0.336 e. The summed E-state index contributed by atoms with van der Waals surface area (Å²) >= 11 is 6.05. The first-order chi connectivity index (χ1) is 15.9. The Kier molecular flexibility index (Phi) is 6.99. The lowest BCUT2D eigenvalue weighted by atomic mass is 10.1. The Morgan fingerprint density at radius 3 is 2.56 bits per heavy atom. The van der Waals surface area contributed by atoms with Crippen LogP contribution in [-0.2, 0) is 13.9 Å². The first-order valence-corrected chi connectivity index (χ1v) is 13.5. The van der Waals surface area contributed by atoms with Gasteiger partial charge in [0.05, 0.1) is 12.5 Å². The van der Waals surface area contributed by atoms with Gasteiger partial charge in [0.1, 0.15) is 30.0 Å². The zero-order chi connectivity index (χ0) is 24.7. The molecule has 19 heteroatoms. The van der Waals surface area contributed by atoms with Gasteiger partial charge in [-0.2, -0.15) is 9.97 Å². The lowest BCUT2D eigenvalue weighted by Crippen LogP contribution is -2.37. The lowest BCUT2D eigenvalue weighted by molar-refractivity contribution is -0.0331. The van der Waals surface area contributed by atoms with E-state index in [1.165, 1.54) is 29.5 Å². The number of nitrogens with one attached hydrogen (secondary N) is 2. The third-order valence-corrected chi connectivity index (χ3v) is 8.58. The standard InChI is InChI=1S/C15H19ClN8O8P2/c16-15-22-12(21-8-4-17-1-2-18-8)9-13(23-15)24(5-19-9)14-11(26)10(25)7(32-14)3-20-33(27,28)6-34(29,30)31/h1-2,4-5,7,10-11,14,25-26H,3,6H2,(H2,20,27,28)(H2,29,30,31)(H,18,21,22,23)/t7-,10?,11?,14-/m1/s1. The quantitative estimate of drug-likeness (QED) is 0.142. The van der Waals surface area contributed by atoms with Crippen molar-refractivity contribution < 1.29 is 38.8 Å². The largest absolute Gasteiger partial charge is 0.387 e. The Bertz CT molecular complexity index is 1280. The van der Waals surface area contributed by atoms with Crippen LogP contribution in [0, 0.1) is 0 Å². The van der Waals surface area contributed by atoms with Gasteiger partial charge in [-0.1, -0.05) is 0 Å². The van der Waals surface area contributed by atoms with Gasteiger partial charge in [0.25, 0.3) is 7.52 Å². The van der Waals surface area contributed by atoms with Crippen molar-refractivity contribution in [2.24, 2.45) is 0 Å². The molecule has 0 aliphatic carbocycles. The smallest absolute Gasteiger partial charge is 0.336 e. The van der Waals surface area contributed by atoms with E-state index >= 15 is 0 Å². The van der Waals surface area contributed by atoms with Gasteiger partial charge in [-0.25, -0.2) is 15.1 Å². The summed E-state index contributed by atoms with van der Waals surface area (Å²) in [7, 11) is -9.21. The molecule has 0 spiro atoms. The van der Waals surface area contributed by atoms with Crippen LogP contribution < -0.4 is 10.4 Å². The van der Waals surface area contributed by atoms with Gasteiger partial charge in [0.2, 0.25) is 5.28 Å². The number of nitrogens with zero attached hydrogens (tertiary/aromatic N) is 6. The fourth-order valence-corrected chi connectivity index (χ4v) is 6.34. The van der Waals surface area contributed by atoms with Gasteiger partial charge < -0.3 is 34.9 Å². The van der Waals surface area contributed by atoms with Crippen LogP contribution in [0.15, 0.2) is 24.9 Å². The molecule has 1 aliphatic rings. The summed E-state index contributed by atoms with van der Waals surface area (Å²) < 4.78 is 29.9. The van der Waals surface area contributed by atoms with Crippen LogP contribution in [0.5, 0.6) is 0 Å². The fraction of sp³-hybridized carbons (Fsp3) is 0.400. The Labute approximate surface area is 195 Å². The summed E-state index contributed by atoms with van der Waals surface area (Å²) in [6, 6.07) is 0. The minimum Gasteiger partial charge on any atom is -0.387 e. The second kappa shape index (κ2) is 9.51. The number of aromatic nitrogens is 6. The molecular weight excluding hydrogens is 518 g/mol. The van der Waals surface area contributed by atoms with Crippen LogP contribution in [0.1, 0.15) is 6.23 Å². The molecular formula is C15H19ClN8O8P2. The fourth-order valence-electron chi connectivity index (χ4n) is 3.31. The van der Waals surface area contributed by atoms with Crippen LogP contribution >= 0.6 is 26.7 Å². The predicted octanol–water partition coefficient (Wildman–Crippen LogP) is -0.457. The van der Waals surface area contributed by atoms with E-state index in [-0.39, 0.29) is 22.3 Å². The van der Waals surface area contributed by atoms with Crippen molar-refractivity contribution >= 4 is 49.5 Å². The minimum absolute atomic E-state index is 0.144. The average molecular weight is 537 g/mol. The number of hydrogen-bond acceptors (Lipinski definition) is 11. The summed E-state index contributed by atoms with van der Waals surface area (Å²) in [6.07, 6.45) is 0.228. The van der Waals surface area contributed by atoms with Crippen molar-refractivity contribution in [3.8, 4) is 0 Å². The van der Waals surface area contributed by atoms with E-state index in [2.05, 4.69) is 35.3 Å². The predicted molar refractivity (Wildman–Crippen MR) is 116 cm³/mol. The molecule has 3 aromatic rings. The number of imidazole rings is 1. The monoisotopic (exact) mass is 536 g/mol. The Balaban J connectivity index is 1.56. The average Bonchev–Trinajstić information content (AvgIpc) is 3.27. The van der Waals surface area contributed by atoms with Crippen LogP contribution in [-0.4, -0.2) is 85.1 Å². The van der Waals surface area contributed by atoms with Gasteiger partial charge in [-0.05, 0) is 11.6 Å². The lowest BCUT2D eigenvalue weighted by Gasteiger charge is -2.19. The molecule has 4 rings (SSSR count). The van der Waals surface area contributed by atoms with Crippen molar-refractivity contribution in [1.29, 1.82) is 0 Å². The number of aliphatic hydroxyl groups excluding tert-OH is 2. The molecule has 0 saturated carbocycles. The van der Waals surface area contributed by atoms with Crippen molar-refractivity contribution in [1.82, 2.24) is 34.6 Å². The van der Waals surface area contributed by atoms with Crippen molar-refractivity contribution in [3.63, 3.8) is 0 Å². The molecule has 0 radical (unpaired) electrons. The van der Waals surface area contributed by atoms with Gasteiger partial charge in [0, 0.05) is 18.9 Å². The van der Waals surface area contributed by atoms with E-state index in [0.717, 1.165) is 0 Å². The number of rotatable bonds is 8. The third-order valence-electron chi connectivity index (χ3n) is 4.73. The van der Waals surface area contributed by atoms with Gasteiger partial charge in [-0.3, -0.25) is 18.7 Å². The van der Waals surface area contributed by atoms with E-state index in [1.54, 1.807) is 0 Å². The molecule has 4 heterocycles. The Morgan fingerprint density at radius 1 is 1.12 bits per heavy atom. The summed E-state index contributed by atoms with van der Waals surface area (Å²) in [6.45, 7) is -0.482. The number of hydrogen-bond donors (Lipinski definition) is 7. The van der Waals surface area contributed by atoms with Crippen LogP contribution in [0.25, 0.3) is 11.2 Å². The molecule has 1 aliphatic heterocycles. The highest BCUT2D eigenvalue weighted by Gasteiger charge is 2.45. The molecule has 3 unspecified atom stereocenters. The van der Waals surface area contributed by atoms with Crippen LogP contribution in [0.3, 0.4) is 0 Å². The van der Waals surface area contributed by atoms with Crippen molar-refractivity contribution in [2.45, 2.75) is 24.5 Å². The second-order valence-corrected chi connectivity index (χ2v) is 11.8. The molecule has 1 fully saturated rings. The number of anilines is 2. The van der Waals surface area contributed by atoms with E-state index < -0.39 is 52.1 Å². The molecule has 34 heavy (non-hydrogen) atoms. The third kappa shape index (κ3) is 5.58. The topological polar surface area (TPSA) is 238 Å². The molecule has 0 bridgehead atoms. The molecule has 1 saturated heterocycles. The SMILES string of the molecule is O=P(O)(O)CP(=O)(O)NC[C@H]1O[C@@H](n2cnc3c(Nc4cnccn4)nc(Cl)nc32)C(O)C1O. The zero-order valence-electron chi connectivity index (χ0n) is 16.9. The van der Waals surface area contributed by atoms with Crippen molar-refractivity contribution in [3.05, 3.63) is 30.2 Å². The van der Waals surface area contributed by atoms with Crippen LogP contribution in [0.2, 0.25) is 5.28 Å². The highest BCUT2D eigenvalue weighted by atomic mass is 35.5.